The Morgan fingerprint density at radius 3 is 2.27 bits per heavy atom. The van der Waals surface area contributed by atoms with E-state index in [4.69, 9.17) is 0 Å². The van der Waals surface area contributed by atoms with Gasteiger partial charge in [-0.15, -0.1) is 0 Å². The van der Waals surface area contributed by atoms with Crippen LogP contribution in [0.1, 0.15) is 35.2 Å². The van der Waals surface area contributed by atoms with E-state index in [9.17, 15) is 13.2 Å². The molecule has 2 aromatic rings. The van der Waals surface area contributed by atoms with Gasteiger partial charge in [-0.3, -0.25) is 9.10 Å². The number of anilines is 1. The molecule has 0 aromatic heterocycles. The van der Waals surface area contributed by atoms with E-state index in [1.807, 2.05) is 58.0 Å². The summed E-state index contributed by atoms with van der Waals surface area (Å²) in [5, 5.41) is 2.88. The van der Waals surface area contributed by atoms with E-state index in [0.717, 1.165) is 32.8 Å². The van der Waals surface area contributed by atoms with Crippen LogP contribution in [0.25, 0.3) is 0 Å². The number of nitrogens with zero attached hydrogens (tertiary/aromatic N) is 1. The molecule has 2 aromatic carbocycles. The molecule has 0 saturated heterocycles. The number of nitrogens with one attached hydrogen (secondary N) is 1. The second-order valence-electron chi connectivity index (χ2n) is 6.69. The van der Waals surface area contributed by atoms with Crippen molar-refractivity contribution in [2.45, 2.75) is 33.7 Å². The maximum absolute atomic E-state index is 12.5. The minimum atomic E-state index is -3.59. The normalized spacial score (nSPS) is 12.5. The number of hydrogen-bond acceptors (Lipinski definition) is 3. The Kier molecular flexibility index (Phi) is 6.08. The van der Waals surface area contributed by atoms with Gasteiger partial charge in [-0.2, -0.15) is 0 Å². The van der Waals surface area contributed by atoms with Gasteiger partial charge in [-0.1, -0.05) is 42.0 Å². The van der Waals surface area contributed by atoms with E-state index in [0.29, 0.717) is 5.69 Å². The lowest BCUT2D eigenvalue weighted by Gasteiger charge is -2.25. The summed E-state index contributed by atoms with van der Waals surface area (Å²) >= 11 is 0. The maximum atomic E-state index is 12.5. The van der Waals surface area contributed by atoms with E-state index in [1.54, 1.807) is 12.1 Å². The summed E-state index contributed by atoms with van der Waals surface area (Å²) in [5.74, 6) is -0.343. The zero-order valence-electron chi connectivity index (χ0n) is 15.9. The van der Waals surface area contributed by atoms with Crippen molar-refractivity contribution in [1.82, 2.24) is 5.32 Å². The van der Waals surface area contributed by atoms with Crippen molar-refractivity contribution >= 4 is 21.6 Å². The maximum Gasteiger partial charge on any atom is 0.241 e. The first kappa shape index (κ1) is 20.0. The quantitative estimate of drug-likeness (QED) is 0.844. The number of hydrogen-bond donors (Lipinski definition) is 1. The zero-order valence-corrected chi connectivity index (χ0v) is 16.7. The van der Waals surface area contributed by atoms with Crippen LogP contribution in [-0.4, -0.2) is 27.1 Å². The summed E-state index contributed by atoms with van der Waals surface area (Å²) in [5.41, 5.74) is 4.47. The molecule has 0 saturated carbocycles. The largest absolute Gasteiger partial charge is 0.348 e. The van der Waals surface area contributed by atoms with Gasteiger partial charge in [0.25, 0.3) is 0 Å². The highest BCUT2D eigenvalue weighted by atomic mass is 32.2. The topological polar surface area (TPSA) is 66.5 Å². The molecule has 0 fully saturated rings. The molecule has 1 amide bonds. The number of rotatable bonds is 6. The lowest BCUT2D eigenvalue weighted by atomic mass is 10.1. The highest BCUT2D eigenvalue weighted by Gasteiger charge is 2.23. The van der Waals surface area contributed by atoms with Crippen LogP contribution in [0.4, 0.5) is 5.69 Å². The first-order chi connectivity index (χ1) is 12.1. The molecule has 0 aliphatic carbocycles. The summed E-state index contributed by atoms with van der Waals surface area (Å²) in [6.07, 6.45) is 1.12. The standard InChI is InChI=1S/C20H26N2O3S/c1-14-9-11-18(12-10-14)17(4)21-20(23)13-22(26(5,24)25)19-8-6-7-15(2)16(19)3/h6-12,17H,13H2,1-5H3,(H,21,23)/t17-/m0/s1. The Balaban J connectivity index is 2.19. The van der Waals surface area contributed by atoms with Crippen molar-refractivity contribution in [3.8, 4) is 0 Å². The molecule has 1 atom stereocenters. The molecule has 2 rings (SSSR count). The van der Waals surface area contributed by atoms with E-state index >= 15 is 0 Å². The van der Waals surface area contributed by atoms with Crippen molar-refractivity contribution in [2.24, 2.45) is 0 Å². The van der Waals surface area contributed by atoms with Gasteiger partial charge in [0, 0.05) is 0 Å². The molecule has 0 unspecified atom stereocenters. The monoisotopic (exact) mass is 374 g/mol. The van der Waals surface area contributed by atoms with Gasteiger partial charge in [0.1, 0.15) is 6.54 Å². The van der Waals surface area contributed by atoms with Gasteiger partial charge in [0.15, 0.2) is 0 Å². The Labute approximate surface area is 156 Å². The molecule has 0 aliphatic rings. The number of benzene rings is 2. The van der Waals surface area contributed by atoms with Crippen LogP contribution < -0.4 is 9.62 Å². The van der Waals surface area contributed by atoms with Crippen LogP contribution in [-0.2, 0) is 14.8 Å². The number of amides is 1. The van der Waals surface area contributed by atoms with E-state index in [-0.39, 0.29) is 18.5 Å². The van der Waals surface area contributed by atoms with E-state index in [2.05, 4.69) is 5.32 Å². The average molecular weight is 375 g/mol. The molecule has 0 radical (unpaired) electrons. The minimum Gasteiger partial charge on any atom is -0.348 e. The fourth-order valence-corrected chi connectivity index (χ4v) is 3.65. The number of carbonyl (C=O) groups excluding carboxylic acids is 1. The molecule has 0 heterocycles. The van der Waals surface area contributed by atoms with E-state index < -0.39 is 10.0 Å². The lowest BCUT2D eigenvalue weighted by Crippen LogP contribution is -2.41. The molecular formula is C20H26N2O3S. The van der Waals surface area contributed by atoms with Crippen molar-refractivity contribution in [3.63, 3.8) is 0 Å². The van der Waals surface area contributed by atoms with Crippen LogP contribution in [0.2, 0.25) is 0 Å². The molecule has 0 spiro atoms. The van der Waals surface area contributed by atoms with Crippen LogP contribution in [0.15, 0.2) is 42.5 Å². The summed E-state index contributed by atoms with van der Waals surface area (Å²) in [6, 6.07) is 13.1. The molecular weight excluding hydrogens is 348 g/mol. The third kappa shape index (κ3) is 4.85. The highest BCUT2D eigenvalue weighted by Crippen LogP contribution is 2.25. The molecule has 6 heteroatoms. The average Bonchev–Trinajstić information content (AvgIpc) is 2.55. The second-order valence-corrected chi connectivity index (χ2v) is 8.60. The second kappa shape index (κ2) is 7.91. The Hall–Kier alpha value is -2.34. The van der Waals surface area contributed by atoms with Crippen LogP contribution in [0.3, 0.4) is 0 Å². The zero-order chi connectivity index (χ0) is 19.5. The number of sulfonamides is 1. The summed E-state index contributed by atoms with van der Waals surface area (Å²) in [6.45, 7) is 7.40. The van der Waals surface area contributed by atoms with Crippen molar-refractivity contribution in [2.75, 3.05) is 17.1 Å². The van der Waals surface area contributed by atoms with Crippen molar-refractivity contribution < 1.29 is 13.2 Å². The van der Waals surface area contributed by atoms with Crippen molar-refractivity contribution in [1.29, 1.82) is 0 Å². The fraction of sp³-hybridized carbons (Fsp3) is 0.350. The molecule has 1 N–H and O–H groups in total. The van der Waals surface area contributed by atoms with Gasteiger partial charge in [-0.25, -0.2) is 8.42 Å². The molecule has 0 aliphatic heterocycles. The molecule has 140 valence electrons. The van der Waals surface area contributed by atoms with Crippen LogP contribution in [0, 0.1) is 20.8 Å². The lowest BCUT2D eigenvalue weighted by molar-refractivity contribution is -0.120. The van der Waals surface area contributed by atoms with Crippen molar-refractivity contribution in [3.05, 3.63) is 64.7 Å². The summed E-state index contributed by atoms with van der Waals surface area (Å²) in [7, 11) is -3.59. The Morgan fingerprint density at radius 1 is 1.08 bits per heavy atom. The predicted octanol–water partition coefficient (Wildman–Crippen LogP) is 3.26. The first-order valence-corrected chi connectivity index (χ1v) is 10.3. The smallest absolute Gasteiger partial charge is 0.241 e. The van der Waals surface area contributed by atoms with Gasteiger partial charge in [0.2, 0.25) is 15.9 Å². The van der Waals surface area contributed by atoms with E-state index in [1.165, 1.54) is 0 Å². The minimum absolute atomic E-state index is 0.205. The third-order valence-corrected chi connectivity index (χ3v) is 5.61. The Morgan fingerprint density at radius 2 is 1.69 bits per heavy atom. The fourth-order valence-electron chi connectivity index (χ4n) is 2.74. The third-order valence-electron chi connectivity index (χ3n) is 4.49. The first-order valence-electron chi connectivity index (χ1n) is 8.49. The Bertz CT molecular complexity index is 890. The SMILES string of the molecule is Cc1ccc([C@H](C)NC(=O)CN(c2cccc(C)c2C)S(C)(=O)=O)cc1. The summed E-state index contributed by atoms with van der Waals surface area (Å²) in [4.78, 5) is 12.5. The molecule has 26 heavy (non-hydrogen) atoms. The number of carbonyl (C=O) groups is 1. The van der Waals surface area contributed by atoms with Gasteiger partial charge < -0.3 is 5.32 Å². The summed E-state index contributed by atoms with van der Waals surface area (Å²) < 4.78 is 25.7. The van der Waals surface area contributed by atoms with Crippen LogP contribution in [0.5, 0.6) is 0 Å². The highest BCUT2D eigenvalue weighted by molar-refractivity contribution is 7.92. The number of aryl methyl sites for hydroxylation is 2. The van der Waals surface area contributed by atoms with Gasteiger partial charge in [-0.05, 0) is 50.5 Å². The molecule has 0 bridgehead atoms. The van der Waals surface area contributed by atoms with Gasteiger partial charge in [0.05, 0.1) is 18.0 Å². The molecule has 5 nitrogen and oxygen atoms in total. The van der Waals surface area contributed by atoms with Gasteiger partial charge >= 0.3 is 0 Å². The van der Waals surface area contributed by atoms with Crippen LogP contribution >= 0.6 is 0 Å². The predicted molar refractivity (Wildman–Crippen MR) is 106 cm³/mol.